The summed E-state index contributed by atoms with van der Waals surface area (Å²) in [6.45, 7) is 0. The Bertz CT molecular complexity index is 438. The average Bonchev–Trinajstić information content (AvgIpc) is 2.24. The Labute approximate surface area is 84.9 Å². The van der Waals surface area contributed by atoms with Gasteiger partial charge in [-0.3, -0.25) is 4.79 Å². The van der Waals surface area contributed by atoms with Crippen molar-refractivity contribution in [2.24, 2.45) is 0 Å². The van der Waals surface area contributed by atoms with E-state index in [-0.39, 0.29) is 5.56 Å². The molecular weight excluding hydrogens is 204 g/mol. The van der Waals surface area contributed by atoms with Gasteiger partial charge in [-0.15, -0.1) is 0 Å². The molecule has 0 aliphatic heterocycles. The summed E-state index contributed by atoms with van der Waals surface area (Å²) in [6, 6.07) is 3.52. The summed E-state index contributed by atoms with van der Waals surface area (Å²) in [6.07, 6.45) is -0.524. The van der Waals surface area contributed by atoms with Gasteiger partial charge in [-0.05, 0) is 12.1 Å². The number of hydrogen-bond donors (Lipinski definition) is 0. The summed E-state index contributed by atoms with van der Waals surface area (Å²) >= 11 is 0. The summed E-state index contributed by atoms with van der Waals surface area (Å²) in [5.74, 6) is -2.64. The molecule has 15 heavy (non-hydrogen) atoms. The van der Waals surface area contributed by atoms with E-state index in [1.807, 2.05) is 0 Å². The van der Waals surface area contributed by atoms with E-state index in [2.05, 4.69) is 4.74 Å². The first-order valence-corrected chi connectivity index (χ1v) is 4.04. The van der Waals surface area contributed by atoms with Gasteiger partial charge in [0.2, 0.25) is 0 Å². The van der Waals surface area contributed by atoms with Crippen LogP contribution in [0.25, 0.3) is 0 Å². The van der Waals surface area contributed by atoms with E-state index in [0.717, 1.165) is 19.2 Å². The molecule has 0 atom stereocenters. The largest absolute Gasteiger partial charge is 0.469 e. The zero-order valence-electron chi connectivity index (χ0n) is 7.88. The number of carbonyl (C=O) groups is 1. The second-order valence-electron chi connectivity index (χ2n) is 2.75. The molecule has 0 aromatic heterocycles. The van der Waals surface area contributed by atoms with Crippen LogP contribution in [0.5, 0.6) is 0 Å². The number of hydrogen-bond acceptors (Lipinski definition) is 3. The highest BCUT2D eigenvalue weighted by molar-refractivity contribution is 5.72. The Hall–Kier alpha value is -1.96. The molecule has 1 aromatic carbocycles. The molecule has 0 radical (unpaired) electrons. The average molecular weight is 211 g/mol. The fourth-order valence-electron chi connectivity index (χ4n) is 1.06. The number of carbonyl (C=O) groups excluding carboxylic acids is 1. The Balaban J connectivity index is 3.16. The van der Waals surface area contributed by atoms with Gasteiger partial charge in [-0.2, -0.15) is 5.26 Å². The Morgan fingerprint density at radius 2 is 2.20 bits per heavy atom. The van der Waals surface area contributed by atoms with Crippen LogP contribution in [0, 0.1) is 23.0 Å². The molecule has 0 amide bonds. The van der Waals surface area contributed by atoms with Crippen molar-refractivity contribution in [2.75, 3.05) is 7.11 Å². The van der Waals surface area contributed by atoms with Crippen molar-refractivity contribution in [1.29, 1.82) is 5.26 Å². The van der Waals surface area contributed by atoms with Gasteiger partial charge < -0.3 is 4.74 Å². The van der Waals surface area contributed by atoms with E-state index in [1.54, 1.807) is 6.07 Å². The topological polar surface area (TPSA) is 50.1 Å². The number of methoxy groups -OCH3 is 1. The van der Waals surface area contributed by atoms with Gasteiger partial charge in [0.15, 0.2) is 0 Å². The molecule has 0 bridgehead atoms. The van der Waals surface area contributed by atoms with Crippen molar-refractivity contribution in [2.45, 2.75) is 6.42 Å². The van der Waals surface area contributed by atoms with E-state index in [0.29, 0.717) is 0 Å². The third-order valence-corrected chi connectivity index (χ3v) is 1.86. The first-order chi connectivity index (χ1) is 7.10. The zero-order valence-corrected chi connectivity index (χ0v) is 7.88. The third-order valence-electron chi connectivity index (χ3n) is 1.86. The van der Waals surface area contributed by atoms with Gasteiger partial charge in [0, 0.05) is 5.56 Å². The van der Waals surface area contributed by atoms with Crippen molar-refractivity contribution in [3.63, 3.8) is 0 Å². The monoisotopic (exact) mass is 211 g/mol. The van der Waals surface area contributed by atoms with Crippen LogP contribution in [0.15, 0.2) is 12.1 Å². The number of rotatable bonds is 2. The molecule has 1 rings (SSSR count). The Morgan fingerprint density at radius 1 is 1.53 bits per heavy atom. The lowest BCUT2D eigenvalue weighted by atomic mass is 10.1. The number of halogens is 2. The summed E-state index contributed by atoms with van der Waals surface area (Å²) < 4.78 is 30.7. The minimum absolute atomic E-state index is 0.296. The molecule has 3 nitrogen and oxygen atoms in total. The summed E-state index contributed by atoms with van der Waals surface area (Å²) in [5.41, 5.74) is -0.740. The van der Waals surface area contributed by atoms with E-state index < -0.39 is 29.6 Å². The molecule has 0 spiro atoms. The molecule has 0 aliphatic carbocycles. The minimum atomic E-state index is -1.01. The highest BCUT2D eigenvalue weighted by atomic mass is 19.1. The van der Waals surface area contributed by atoms with Crippen molar-refractivity contribution >= 4 is 5.97 Å². The highest BCUT2D eigenvalue weighted by Crippen LogP contribution is 2.17. The van der Waals surface area contributed by atoms with Crippen molar-refractivity contribution in [3.8, 4) is 6.07 Å². The number of ether oxygens (including phenoxy) is 1. The second-order valence-corrected chi connectivity index (χ2v) is 2.75. The van der Waals surface area contributed by atoms with Crippen LogP contribution in [0.4, 0.5) is 8.78 Å². The summed E-state index contributed by atoms with van der Waals surface area (Å²) in [4.78, 5) is 10.8. The first-order valence-electron chi connectivity index (χ1n) is 4.04. The van der Waals surface area contributed by atoms with Crippen LogP contribution in [-0.4, -0.2) is 13.1 Å². The van der Waals surface area contributed by atoms with Gasteiger partial charge in [-0.25, -0.2) is 8.78 Å². The van der Waals surface area contributed by atoms with Crippen LogP contribution in [0.3, 0.4) is 0 Å². The van der Waals surface area contributed by atoms with E-state index in [9.17, 15) is 13.6 Å². The third kappa shape index (κ3) is 2.29. The molecule has 78 valence electrons. The minimum Gasteiger partial charge on any atom is -0.469 e. The maximum atomic E-state index is 13.4. The van der Waals surface area contributed by atoms with Gasteiger partial charge in [0.1, 0.15) is 17.7 Å². The summed E-state index contributed by atoms with van der Waals surface area (Å²) in [5, 5.41) is 8.50. The normalized spacial score (nSPS) is 9.47. The van der Waals surface area contributed by atoms with Gasteiger partial charge >= 0.3 is 5.97 Å². The number of esters is 1. The van der Waals surface area contributed by atoms with Crippen LogP contribution in [0.2, 0.25) is 0 Å². The first kappa shape index (κ1) is 11.1. The Morgan fingerprint density at radius 3 is 2.73 bits per heavy atom. The van der Waals surface area contributed by atoms with Gasteiger partial charge in [-0.1, -0.05) is 0 Å². The highest BCUT2D eigenvalue weighted by Gasteiger charge is 2.16. The molecule has 5 heteroatoms. The molecule has 0 N–H and O–H groups in total. The lowest BCUT2D eigenvalue weighted by Crippen LogP contribution is -2.09. The van der Waals surface area contributed by atoms with Crippen LogP contribution >= 0.6 is 0 Å². The zero-order chi connectivity index (χ0) is 11.4. The quantitative estimate of drug-likeness (QED) is 0.697. The molecule has 0 heterocycles. The van der Waals surface area contributed by atoms with Crippen LogP contribution in [-0.2, 0) is 16.0 Å². The predicted molar refractivity (Wildman–Crippen MR) is 46.8 cm³/mol. The van der Waals surface area contributed by atoms with E-state index in [1.165, 1.54) is 0 Å². The number of benzene rings is 1. The van der Waals surface area contributed by atoms with Crippen molar-refractivity contribution in [3.05, 3.63) is 34.9 Å². The standard InChI is InChI=1S/C10H7F2NO2/c1-15-9(14)4-7-8(11)3-2-6(5-13)10(7)12/h2-3H,4H2,1H3. The molecule has 0 fully saturated rings. The van der Waals surface area contributed by atoms with E-state index >= 15 is 0 Å². The van der Waals surface area contributed by atoms with E-state index in [4.69, 9.17) is 5.26 Å². The molecule has 1 aromatic rings. The molecule has 0 aliphatic rings. The molecule has 0 saturated heterocycles. The fourth-order valence-corrected chi connectivity index (χ4v) is 1.06. The lowest BCUT2D eigenvalue weighted by molar-refractivity contribution is -0.139. The molecular formula is C10H7F2NO2. The van der Waals surface area contributed by atoms with Gasteiger partial charge in [0.25, 0.3) is 0 Å². The second kappa shape index (κ2) is 4.51. The smallest absolute Gasteiger partial charge is 0.310 e. The van der Waals surface area contributed by atoms with Crippen molar-refractivity contribution < 1.29 is 18.3 Å². The fraction of sp³-hybridized carbons (Fsp3) is 0.200. The molecule has 0 unspecified atom stereocenters. The Kier molecular flexibility index (Phi) is 3.34. The number of nitrogens with zero attached hydrogens (tertiary/aromatic N) is 1. The predicted octanol–water partition coefficient (Wildman–Crippen LogP) is 1.55. The van der Waals surface area contributed by atoms with Crippen molar-refractivity contribution in [1.82, 2.24) is 0 Å². The summed E-state index contributed by atoms with van der Waals surface area (Å²) in [7, 11) is 1.12. The van der Waals surface area contributed by atoms with Crippen LogP contribution < -0.4 is 0 Å². The van der Waals surface area contributed by atoms with Crippen LogP contribution in [0.1, 0.15) is 11.1 Å². The maximum absolute atomic E-state index is 13.4. The SMILES string of the molecule is COC(=O)Cc1c(F)ccc(C#N)c1F. The molecule has 0 saturated carbocycles. The maximum Gasteiger partial charge on any atom is 0.310 e. The number of nitriles is 1. The van der Waals surface area contributed by atoms with Gasteiger partial charge in [0.05, 0.1) is 19.1 Å². The lowest BCUT2D eigenvalue weighted by Gasteiger charge is -2.04.